The molecule has 1 aromatic rings. The Morgan fingerprint density at radius 2 is 2.13 bits per heavy atom. The fourth-order valence-electron chi connectivity index (χ4n) is 2.53. The third-order valence-electron chi connectivity index (χ3n) is 3.39. The lowest BCUT2D eigenvalue weighted by atomic mass is 9.93. The first-order valence-corrected chi connectivity index (χ1v) is 5.76. The molecule has 0 aliphatic carbocycles. The summed E-state index contributed by atoms with van der Waals surface area (Å²) in [4.78, 5) is 0. The SMILES string of the molecule is c1ccc2c(c1)CC(C1CCCOC1)O2. The maximum Gasteiger partial charge on any atom is 0.123 e. The second kappa shape index (κ2) is 3.86. The third-order valence-corrected chi connectivity index (χ3v) is 3.39. The van der Waals surface area contributed by atoms with Crippen LogP contribution >= 0.6 is 0 Å². The van der Waals surface area contributed by atoms with Crippen LogP contribution in [0.15, 0.2) is 24.3 Å². The summed E-state index contributed by atoms with van der Waals surface area (Å²) >= 11 is 0. The van der Waals surface area contributed by atoms with Gasteiger partial charge in [0, 0.05) is 18.9 Å². The van der Waals surface area contributed by atoms with E-state index >= 15 is 0 Å². The molecule has 2 heterocycles. The molecule has 0 bridgehead atoms. The van der Waals surface area contributed by atoms with Crippen molar-refractivity contribution in [2.24, 2.45) is 5.92 Å². The van der Waals surface area contributed by atoms with E-state index in [1.807, 2.05) is 6.07 Å². The molecule has 1 aromatic carbocycles. The third kappa shape index (κ3) is 1.74. The van der Waals surface area contributed by atoms with Crippen LogP contribution in [0.4, 0.5) is 0 Å². The molecule has 15 heavy (non-hydrogen) atoms. The minimum atomic E-state index is 0.350. The van der Waals surface area contributed by atoms with E-state index in [4.69, 9.17) is 9.47 Å². The molecule has 2 aliphatic heterocycles. The van der Waals surface area contributed by atoms with Crippen molar-refractivity contribution in [1.82, 2.24) is 0 Å². The summed E-state index contributed by atoms with van der Waals surface area (Å²) in [5.74, 6) is 1.67. The fraction of sp³-hybridized carbons (Fsp3) is 0.538. The standard InChI is InChI=1S/C13H16O2/c1-2-6-12-10(4-1)8-13(15-12)11-5-3-7-14-9-11/h1-2,4,6,11,13H,3,5,7-9H2. The summed E-state index contributed by atoms with van der Waals surface area (Å²) in [6, 6.07) is 8.36. The topological polar surface area (TPSA) is 18.5 Å². The Morgan fingerprint density at radius 1 is 1.20 bits per heavy atom. The molecule has 2 unspecified atom stereocenters. The maximum atomic E-state index is 5.97. The molecular formula is C13H16O2. The minimum absolute atomic E-state index is 0.350. The monoisotopic (exact) mass is 204 g/mol. The zero-order valence-electron chi connectivity index (χ0n) is 8.82. The van der Waals surface area contributed by atoms with Gasteiger partial charge in [0.05, 0.1) is 6.61 Å². The molecular weight excluding hydrogens is 188 g/mol. The van der Waals surface area contributed by atoms with Crippen LogP contribution in [0, 0.1) is 5.92 Å². The maximum absolute atomic E-state index is 5.97. The van der Waals surface area contributed by atoms with Gasteiger partial charge in [-0.3, -0.25) is 0 Å². The molecule has 2 atom stereocenters. The van der Waals surface area contributed by atoms with E-state index in [2.05, 4.69) is 18.2 Å². The first-order chi connectivity index (χ1) is 7.43. The molecule has 0 aromatic heterocycles. The number of ether oxygens (including phenoxy) is 2. The van der Waals surface area contributed by atoms with Crippen molar-refractivity contribution in [1.29, 1.82) is 0 Å². The van der Waals surface area contributed by atoms with Gasteiger partial charge in [-0.2, -0.15) is 0 Å². The molecule has 80 valence electrons. The summed E-state index contributed by atoms with van der Waals surface area (Å²) in [5.41, 5.74) is 1.35. The van der Waals surface area contributed by atoms with E-state index in [1.165, 1.54) is 18.4 Å². The number of rotatable bonds is 1. The zero-order chi connectivity index (χ0) is 10.1. The average Bonchev–Trinajstić information content (AvgIpc) is 2.74. The Labute approximate surface area is 90.2 Å². The molecule has 2 aliphatic rings. The molecule has 3 rings (SSSR count). The van der Waals surface area contributed by atoms with E-state index in [-0.39, 0.29) is 0 Å². The smallest absolute Gasteiger partial charge is 0.123 e. The van der Waals surface area contributed by atoms with Crippen molar-refractivity contribution in [2.45, 2.75) is 25.4 Å². The van der Waals surface area contributed by atoms with Crippen LogP contribution in [0.5, 0.6) is 5.75 Å². The largest absolute Gasteiger partial charge is 0.489 e. The number of hydrogen-bond acceptors (Lipinski definition) is 2. The van der Waals surface area contributed by atoms with Gasteiger partial charge in [0.15, 0.2) is 0 Å². The van der Waals surface area contributed by atoms with Gasteiger partial charge in [0.2, 0.25) is 0 Å². The zero-order valence-corrected chi connectivity index (χ0v) is 8.82. The van der Waals surface area contributed by atoms with Gasteiger partial charge < -0.3 is 9.47 Å². The second-order valence-electron chi connectivity index (χ2n) is 4.45. The van der Waals surface area contributed by atoms with Gasteiger partial charge in [0.25, 0.3) is 0 Å². The summed E-state index contributed by atoms with van der Waals surface area (Å²) < 4.78 is 11.5. The molecule has 0 radical (unpaired) electrons. The molecule has 2 heteroatoms. The van der Waals surface area contributed by atoms with Crippen molar-refractivity contribution in [2.75, 3.05) is 13.2 Å². The number of fused-ring (bicyclic) bond motifs is 1. The average molecular weight is 204 g/mol. The van der Waals surface area contributed by atoms with Crippen LogP contribution in [-0.4, -0.2) is 19.3 Å². The van der Waals surface area contributed by atoms with E-state index in [0.29, 0.717) is 12.0 Å². The van der Waals surface area contributed by atoms with E-state index < -0.39 is 0 Å². The normalized spacial score (nSPS) is 29.6. The van der Waals surface area contributed by atoms with E-state index in [9.17, 15) is 0 Å². The fourth-order valence-corrected chi connectivity index (χ4v) is 2.53. The van der Waals surface area contributed by atoms with Crippen LogP contribution in [0.2, 0.25) is 0 Å². The Kier molecular flexibility index (Phi) is 2.37. The second-order valence-corrected chi connectivity index (χ2v) is 4.45. The van der Waals surface area contributed by atoms with Gasteiger partial charge in [-0.05, 0) is 24.5 Å². The molecule has 1 fully saturated rings. The highest BCUT2D eigenvalue weighted by molar-refractivity contribution is 5.37. The highest BCUT2D eigenvalue weighted by atomic mass is 16.5. The molecule has 2 nitrogen and oxygen atoms in total. The number of para-hydroxylation sites is 1. The lowest BCUT2D eigenvalue weighted by molar-refractivity contribution is 0.00796. The Morgan fingerprint density at radius 3 is 2.93 bits per heavy atom. The van der Waals surface area contributed by atoms with Crippen LogP contribution in [0.1, 0.15) is 18.4 Å². The molecule has 0 N–H and O–H groups in total. The van der Waals surface area contributed by atoms with Crippen LogP contribution in [0.25, 0.3) is 0 Å². The van der Waals surface area contributed by atoms with E-state index in [1.54, 1.807) is 0 Å². The first-order valence-electron chi connectivity index (χ1n) is 5.76. The summed E-state index contributed by atoms with van der Waals surface area (Å²) in [7, 11) is 0. The summed E-state index contributed by atoms with van der Waals surface area (Å²) in [6.07, 6.45) is 3.84. The van der Waals surface area contributed by atoms with Crippen LogP contribution in [0.3, 0.4) is 0 Å². The van der Waals surface area contributed by atoms with Crippen LogP contribution < -0.4 is 4.74 Å². The van der Waals surface area contributed by atoms with Crippen molar-refractivity contribution in [3.63, 3.8) is 0 Å². The Bertz CT molecular complexity index is 317. The summed E-state index contributed by atoms with van der Waals surface area (Å²) in [6.45, 7) is 1.80. The van der Waals surface area contributed by atoms with Crippen molar-refractivity contribution in [3.05, 3.63) is 29.8 Å². The quantitative estimate of drug-likeness (QED) is 0.699. The summed E-state index contributed by atoms with van der Waals surface area (Å²) in [5, 5.41) is 0. The Hall–Kier alpha value is -1.02. The lowest BCUT2D eigenvalue weighted by Crippen LogP contribution is -2.32. The van der Waals surface area contributed by atoms with Crippen molar-refractivity contribution >= 4 is 0 Å². The predicted octanol–water partition coefficient (Wildman–Crippen LogP) is 2.42. The van der Waals surface area contributed by atoms with Gasteiger partial charge in [-0.15, -0.1) is 0 Å². The Balaban J connectivity index is 1.72. The number of benzene rings is 1. The van der Waals surface area contributed by atoms with Crippen molar-refractivity contribution < 1.29 is 9.47 Å². The number of hydrogen-bond donors (Lipinski definition) is 0. The first kappa shape index (κ1) is 9.22. The predicted molar refractivity (Wildman–Crippen MR) is 58.1 cm³/mol. The van der Waals surface area contributed by atoms with Crippen LogP contribution in [-0.2, 0) is 11.2 Å². The minimum Gasteiger partial charge on any atom is -0.489 e. The molecule has 0 amide bonds. The van der Waals surface area contributed by atoms with Crippen molar-refractivity contribution in [3.8, 4) is 5.75 Å². The molecule has 0 saturated carbocycles. The highest BCUT2D eigenvalue weighted by Crippen LogP contribution is 2.33. The lowest BCUT2D eigenvalue weighted by Gasteiger charge is -2.26. The highest BCUT2D eigenvalue weighted by Gasteiger charge is 2.31. The molecule has 0 spiro atoms. The van der Waals surface area contributed by atoms with Gasteiger partial charge in [-0.1, -0.05) is 18.2 Å². The van der Waals surface area contributed by atoms with Gasteiger partial charge >= 0.3 is 0 Å². The van der Waals surface area contributed by atoms with Gasteiger partial charge in [-0.25, -0.2) is 0 Å². The van der Waals surface area contributed by atoms with Gasteiger partial charge in [0.1, 0.15) is 11.9 Å². The van der Waals surface area contributed by atoms with E-state index in [0.717, 1.165) is 25.4 Å². The molecule has 1 saturated heterocycles.